The standard InChI is InChI=1S/C13H22N4/c1-5-6-7-8-9-14-10-12-11-17(16-15-12)13(2,3)4/h1,11,14H,6-10H2,2-4H3. The largest absolute Gasteiger partial charge is 0.311 e. The Morgan fingerprint density at radius 1 is 1.41 bits per heavy atom. The number of nitrogens with zero attached hydrogens (tertiary/aromatic N) is 3. The molecule has 0 unspecified atom stereocenters. The number of terminal acetylenes is 1. The van der Waals surface area contributed by atoms with Crippen LogP contribution >= 0.6 is 0 Å². The van der Waals surface area contributed by atoms with Crippen LogP contribution in [0.25, 0.3) is 0 Å². The first kappa shape index (κ1) is 13.7. The summed E-state index contributed by atoms with van der Waals surface area (Å²) in [4.78, 5) is 0. The van der Waals surface area contributed by atoms with Gasteiger partial charge in [-0.15, -0.1) is 17.4 Å². The van der Waals surface area contributed by atoms with Crippen molar-refractivity contribution in [1.82, 2.24) is 20.3 Å². The van der Waals surface area contributed by atoms with Crippen molar-refractivity contribution in [1.29, 1.82) is 0 Å². The van der Waals surface area contributed by atoms with Crippen molar-refractivity contribution in [3.05, 3.63) is 11.9 Å². The van der Waals surface area contributed by atoms with Gasteiger partial charge in [0.05, 0.1) is 17.4 Å². The maximum Gasteiger partial charge on any atom is 0.0965 e. The van der Waals surface area contributed by atoms with Crippen LogP contribution in [0, 0.1) is 12.3 Å². The summed E-state index contributed by atoms with van der Waals surface area (Å²) in [7, 11) is 0. The molecule has 1 rings (SSSR count). The van der Waals surface area contributed by atoms with Crippen molar-refractivity contribution in [2.24, 2.45) is 0 Å². The van der Waals surface area contributed by atoms with Crippen LogP contribution in [0.2, 0.25) is 0 Å². The van der Waals surface area contributed by atoms with Gasteiger partial charge in [-0.2, -0.15) is 0 Å². The Kier molecular flexibility index (Phi) is 5.17. The van der Waals surface area contributed by atoms with Gasteiger partial charge in [0, 0.05) is 13.0 Å². The summed E-state index contributed by atoms with van der Waals surface area (Å²) in [6, 6.07) is 0. The van der Waals surface area contributed by atoms with Gasteiger partial charge in [0.2, 0.25) is 0 Å². The summed E-state index contributed by atoms with van der Waals surface area (Å²) >= 11 is 0. The molecule has 0 aliphatic carbocycles. The van der Waals surface area contributed by atoms with Crippen molar-refractivity contribution >= 4 is 0 Å². The molecule has 4 heteroatoms. The Balaban J connectivity index is 2.24. The lowest BCUT2D eigenvalue weighted by molar-refractivity contribution is 0.347. The van der Waals surface area contributed by atoms with E-state index in [0.717, 1.165) is 38.0 Å². The molecule has 1 aromatic heterocycles. The summed E-state index contributed by atoms with van der Waals surface area (Å²) in [5, 5.41) is 11.6. The van der Waals surface area contributed by atoms with Gasteiger partial charge in [-0.25, -0.2) is 4.68 Å². The van der Waals surface area contributed by atoms with E-state index in [-0.39, 0.29) is 5.54 Å². The first-order valence-electron chi connectivity index (χ1n) is 6.10. The fourth-order valence-corrected chi connectivity index (χ4v) is 1.40. The molecule has 0 atom stereocenters. The molecular formula is C13H22N4. The van der Waals surface area contributed by atoms with Crippen molar-refractivity contribution < 1.29 is 0 Å². The van der Waals surface area contributed by atoms with Crippen LogP contribution in [-0.4, -0.2) is 21.5 Å². The van der Waals surface area contributed by atoms with Crippen LogP contribution in [0.5, 0.6) is 0 Å². The minimum absolute atomic E-state index is 0.00194. The molecule has 0 aromatic carbocycles. The van der Waals surface area contributed by atoms with Gasteiger partial charge in [0.1, 0.15) is 0 Å². The summed E-state index contributed by atoms with van der Waals surface area (Å²) in [6.45, 7) is 8.08. The average Bonchev–Trinajstić information content (AvgIpc) is 2.71. The Bertz CT molecular complexity index is 368. The number of unbranched alkanes of at least 4 members (excludes halogenated alkanes) is 2. The SMILES string of the molecule is C#CCCCCNCc1cn(C(C)(C)C)nn1. The van der Waals surface area contributed by atoms with Gasteiger partial charge in [0.25, 0.3) is 0 Å². The number of aromatic nitrogens is 3. The molecular weight excluding hydrogens is 212 g/mol. The van der Waals surface area contributed by atoms with Crippen molar-refractivity contribution in [3.63, 3.8) is 0 Å². The van der Waals surface area contributed by atoms with Crippen molar-refractivity contribution in [3.8, 4) is 12.3 Å². The highest BCUT2D eigenvalue weighted by Gasteiger charge is 2.14. The fraction of sp³-hybridized carbons (Fsp3) is 0.692. The van der Waals surface area contributed by atoms with Gasteiger partial charge in [-0.1, -0.05) is 5.21 Å². The summed E-state index contributed by atoms with van der Waals surface area (Å²) in [5.74, 6) is 2.64. The average molecular weight is 234 g/mol. The molecule has 0 aliphatic heterocycles. The smallest absolute Gasteiger partial charge is 0.0965 e. The van der Waals surface area contributed by atoms with E-state index < -0.39 is 0 Å². The van der Waals surface area contributed by atoms with E-state index in [9.17, 15) is 0 Å². The third-order valence-electron chi connectivity index (χ3n) is 2.46. The molecule has 1 aromatic rings. The molecule has 0 aliphatic rings. The lowest BCUT2D eigenvalue weighted by atomic mass is 10.1. The highest BCUT2D eigenvalue weighted by molar-refractivity contribution is 4.94. The molecule has 94 valence electrons. The molecule has 0 radical (unpaired) electrons. The minimum atomic E-state index is -0.00194. The van der Waals surface area contributed by atoms with E-state index in [0.29, 0.717) is 0 Å². The van der Waals surface area contributed by atoms with Crippen LogP contribution in [0.1, 0.15) is 45.7 Å². The molecule has 0 spiro atoms. The van der Waals surface area contributed by atoms with E-state index >= 15 is 0 Å². The van der Waals surface area contributed by atoms with Crippen LogP contribution in [0.4, 0.5) is 0 Å². The minimum Gasteiger partial charge on any atom is -0.311 e. The second-order valence-electron chi connectivity index (χ2n) is 5.16. The summed E-state index contributed by atoms with van der Waals surface area (Å²) in [5.41, 5.74) is 0.981. The lowest BCUT2D eigenvalue weighted by Crippen LogP contribution is -2.22. The first-order chi connectivity index (χ1) is 8.04. The zero-order valence-corrected chi connectivity index (χ0v) is 11.0. The Morgan fingerprint density at radius 3 is 2.76 bits per heavy atom. The first-order valence-corrected chi connectivity index (χ1v) is 6.10. The maximum atomic E-state index is 5.19. The number of hydrogen-bond acceptors (Lipinski definition) is 3. The zero-order valence-electron chi connectivity index (χ0n) is 11.0. The van der Waals surface area contributed by atoms with E-state index in [1.54, 1.807) is 0 Å². The number of hydrogen-bond donors (Lipinski definition) is 1. The number of nitrogens with one attached hydrogen (secondary N) is 1. The lowest BCUT2D eigenvalue weighted by Gasteiger charge is -2.17. The second kappa shape index (κ2) is 6.41. The molecule has 0 saturated heterocycles. The Morgan fingerprint density at radius 2 is 2.18 bits per heavy atom. The van der Waals surface area contributed by atoms with Crippen LogP contribution in [0.3, 0.4) is 0 Å². The molecule has 1 N–H and O–H groups in total. The van der Waals surface area contributed by atoms with Gasteiger partial charge in [-0.3, -0.25) is 0 Å². The molecule has 17 heavy (non-hydrogen) atoms. The fourth-order valence-electron chi connectivity index (χ4n) is 1.40. The second-order valence-corrected chi connectivity index (χ2v) is 5.16. The third-order valence-corrected chi connectivity index (χ3v) is 2.46. The molecule has 4 nitrogen and oxygen atoms in total. The highest BCUT2D eigenvalue weighted by atomic mass is 15.4. The van der Waals surface area contributed by atoms with Crippen LogP contribution in [-0.2, 0) is 12.1 Å². The molecule has 1 heterocycles. The number of rotatable bonds is 6. The van der Waals surface area contributed by atoms with Crippen molar-refractivity contribution in [2.75, 3.05) is 6.54 Å². The van der Waals surface area contributed by atoms with Gasteiger partial charge in [0.15, 0.2) is 0 Å². The third kappa shape index (κ3) is 5.01. The Hall–Kier alpha value is -1.34. The van der Waals surface area contributed by atoms with E-state index in [1.165, 1.54) is 0 Å². The highest BCUT2D eigenvalue weighted by Crippen LogP contribution is 2.11. The predicted octanol–water partition coefficient (Wildman–Crippen LogP) is 1.93. The van der Waals surface area contributed by atoms with Crippen LogP contribution in [0.15, 0.2) is 6.20 Å². The quantitative estimate of drug-likeness (QED) is 0.604. The molecule has 0 amide bonds. The van der Waals surface area contributed by atoms with Gasteiger partial charge in [-0.05, 0) is 40.2 Å². The zero-order chi connectivity index (χ0) is 12.7. The summed E-state index contributed by atoms with van der Waals surface area (Å²) < 4.78 is 1.89. The van der Waals surface area contributed by atoms with Gasteiger partial charge < -0.3 is 5.32 Å². The maximum absolute atomic E-state index is 5.19. The van der Waals surface area contributed by atoms with Gasteiger partial charge >= 0.3 is 0 Å². The summed E-state index contributed by atoms with van der Waals surface area (Å²) in [6.07, 6.45) is 10.2. The topological polar surface area (TPSA) is 42.7 Å². The van der Waals surface area contributed by atoms with Crippen LogP contribution < -0.4 is 5.32 Å². The van der Waals surface area contributed by atoms with E-state index in [2.05, 4.69) is 42.3 Å². The Labute approximate surface area is 104 Å². The van der Waals surface area contributed by atoms with E-state index in [1.807, 2.05) is 10.9 Å². The predicted molar refractivity (Wildman–Crippen MR) is 69.4 cm³/mol. The van der Waals surface area contributed by atoms with Crippen molar-refractivity contribution in [2.45, 2.75) is 52.1 Å². The normalized spacial score (nSPS) is 11.4. The molecule has 0 bridgehead atoms. The molecule has 0 saturated carbocycles. The van der Waals surface area contributed by atoms with E-state index in [4.69, 9.17) is 6.42 Å². The monoisotopic (exact) mass is 234 g/mol. The molecule has 0 fully saturated rings.